The molecule has 1 amide bonds. The van der Waals surface area contributed by atoms with Crippen LogP contribution in [0.3, 0.4) is 0 Å². The highest BCUT2D eigenvalue weighted by Crippen LogP contribution is 2.42. The third-order valence-corrected chi connectivity index (χ3v) is 9.90. The largest absolute Gasteiger partial charge is 0.493 e. The van der Waals surface area contributed by atoms with Crippen LogP contribution in [0, 0.1) is 24.7 Å². The highest BCUT2D eigenvalue weighted by atomic mass is 19.4. The second-order valence-corrected chi connectivity index (χ2v) is 12.9. The van der Waals surface area contributed by atoms with E-state index < -0.39 is 23.4 Å². The minimum Gasteiger partial charge on any atom is -0.493 e. The van der Waals surface area contributed by atoms with Gasteiger partial charge in [0.15, 0.2) is 5.69 Å². The number of hydrogen-bond acceptors (Lipinski definition) is 4. The number of allylic oxidation sites excluding steroid dienone is 4. The van der Waals surface area contributed by atoms with E-state index in [1.807, 2.05) is 4.90 Å². The van der Waals surface area contributed by atoms with Gasteiger partial charge in [-0.1, -0.05) is 42.7 Å². The summed E-state index contributed by atoms with van der Waals surface area (Å²) in [6, 6.07) is 6.42. The number of aromatic nitrogens is 2. The third-order valence-electron chi connectivity index (χ3n) is 9.90. The summed E-state index contributed by atoms with van der Waals surface area (Å²) in [6.45, 7) is 4.25. The molecule has 2 aromatic rings. The van der Waals surface area contributed by atoms with Gasteiger partial charge in [0.1, 0.15) is 11.3 Å². The lowest BCUT2D eigenvalue weighted by atomic mass is 9.73. The van der Waals surface area contributed by atoms with Crippen molar-refractivity contribution in [3.8, 4) is 5.75 Å². The fourth-order valence-corrected chi connectivity index (χ4v) is 7.34. The van der Waals surface area contributed by atoms with Crippen molar-refractivity contribution in [2.24, 2.45) is 17.8 Å². The van der Waals surface area contributed by atoms with Gasteiger partial charge in [-0.25, -0.2) is 9.48 Å². The minimum absolute atomic E-state index is 0.180. The van der Waals surface area contributed by atoms with Gasteiger partial charge < -0.3 is 14.7 Å². The van der Waals surface area contributed by atoms with Crippen molar-refractivity contribution < 1.29 is 32.6 Å². The Morgan fingerprint density at radius 2 is 1.80 bits per heavy atom. The van der Waals surface area contributed by atoms with E-state index >= 15 is 0 Å². The van der Waals surface area contributed by atoms with Gasteiger partial charge in [-0.05, 0) is 86.8 Å². The van der Waals surface area contributed by atoms with Crippen molar-refractivity contribution in [2.45, 2.75) is 83.2 Å². The first kappa shape index (κ1) is 30.5. The van der Waals surface area contributed by atoms with Crippen LogP contribution in [0.4, 0.5) is 13.2 Å². The lowest BCUT2D eigenvalue weighted by molar-refractivity contribution is -0.143. The molecule has 2 saturated carbocycles. The summed E-state index contributed by atoms with van der Waals surface area (Å²) in [4.78, 5) is 25.9. The number of halogens is 3. The first-order chi connectivity index (χ1) is 21.1. The second kappa shape index (κ2) is 12.4. The van der Waals surface area contributed by atoms with E-state index in [0.29, 0.717) is 37.0 Å². The molecule has 236 valence electrons. The van der Waals surface area contributed by atoms with E-state index in [-0.39, 0.29) is 17.8 Å². The van der Waals surface area contributed by atoms with Crippen LogP contribution in [0.25, 0.3) is 5.70 Å². The van der Waals surface area contributed by atoms with Gasteiger partial charge in [-0.3, -0.25) is 4.79 Å². The molecule has 3 fully saturated rings. The van der Waals surface area contributed by atoms with E-state index in [2.05, 4.69) is 36.3 Å². The van der Waals surface area contributed by atoms with Crippen molar-refractivity contribution in [1.82, 2.24) is 14.7 Å². The molecule has 2 unspecified atom stereocenters. The summed E-state index contributed by atoms with van der Waals surface area (Å²) in [7, 11) is 0. The summed E-state index contributed by atoms with van der Waals surface area (Å²) in [5.41, 5.74) is 1.74. The SMILES string of the molecule is Cc1cc(C2CCN(C(=O)C3CC3)CC2)ccc1OCC1CCCCC1C1=CCC=C(n2ncc(C(=O)O)c2C(F)(F)F)C1. The zero-order valence-electron chi connectivity index (χ0n) is 25.1. The number of benzene rings is 1. The molecule has 1 aliphatic heterocycles. The van der Waals surface area contributed by atoms with Crippen LogP contribution in [-0.2, 0) is 11.0 Å². The topological polar surface area (TPSA) is 84.7 Å². The van der Waals surface area contributed by atoms with Gasteiger partial charge >= 0.3 is 12.1 Å². The van der Waals surface area contributed by atoms with Gasteiger partial charge in [0.25, 0.3) is 0 Å². The maximum Gasteiger partial charge on any atom is 0.434 e. The molecule has 0 radical (unpaired) electrons. The number of carboxylic acid groups (broad SMARTS) is 1. The molecule has 1 N–H and O–H groups in total. The highest BCUT2D eigenvalue weighted by Gasteiger charge is 2.41. The molecule has 1 saturated heterocycles. The van der Waals surface area contributed by atoms with Gasteiger partial charge in [0.05, 0.1) is 12.8 Å². The van der Waals surface area contributed by atoms with Crippen molar-refractivity contribution >= 4 is 17.6 Å². The Bertz CT molecular complexity index is 1460. The minimum atomic E-state index is -4.84. The Morgan fingerprint density at radius 1 is 1.05 bits per heavy atom. The number of amides is 1. The number of carbonyl (C=O) groups is 2. The summed E-state index contributed by atoms with van der Waals surface area (Å²) in [5.74, 6) is 0.663. The molecule has 2 atom stereocenters. The number of carbonyl (C=O) groups excluding carboxylic acids is 1. The number of alkyl halides is 3. The Kier molecular flexibility index (Phi) is 8.61. The Morgan fingerprint density at radius 3 is 2.48 bits per heavy atom. The normalized spacial score (nSPS) is 23.2. The fourth-order valence-electron chi connectivity index (χ4n) is 7.34. The van der Waals surface area contributed by atoms with E-state index in [1.54, 1.807) is 6.08 Å². The Balaban J connectivity index is 1.09. The molecular formula is C34H40F3N3O4. The van der Waals surface area contributed by atoms with Crippen LogP contribution in [-0.4, -0.2) is 51.4 Å². The molecule has 1 aromatic heterocycles. The monoisotopic (exact) mass is 611 g/mol. The average molecular weight is 612 g/mol. The van der Waals surface area contributed by atoms with Crippen LogP contribution in [0.5, 0.6) is 5.75 Å². The molecule has 10 heteroatoms. The van der Waals surface area contributed by atoms with E-state index in [4.69, 9.17) is 4.74 Å². The van der Waals surface area contributed by atoms with Crippen molar-refractivity contribution in [1.29, 1.82) is 0 Å². The molecule has 0 spiro atoms. The summed E-state index contributed by atoms with van der Waals surface area (Å²) in [6.07, 6.45) is 8.62. The molecule has 0 bridgehead atoms. The summed E-state index contributed by atoms with van der Waals surface area (Å²) in [5, 5.41) is 13.2. The van der Waals surface area contributed by atoms with E-state index in [1.165, 1.54) is 5.56 Å². The Hall–Kier alpha value is -3.56. The van der Waals surface area contributed by atoms with Crippen LogP contribution in [0.2, 0.25) is 0 Å². The van der Waals surface area contributed by atoms with Crippen LogP contribution in [0.15, 0.2) is 42.1 Å². The molecule has 3 aliphatic carbocycles. The molecular weight excluding hydrogens is 571 g/mol. The van der Waals surface area contributed by atoms with Gasteiger partial charge in [-0.2, -0.15) is 18.3 Å². The number of hydrogen-bond donors (Lipinski definition) is 1. The van der Waals surface area contributed by atoms with Crippen molar-refractivity contribution in [3.63, 3.8) is 0 Å². The molecule has 44 heavy (non-hydrogen) atoms. The zero-order chi connectivity index (χ0) is 31.0. The van der Waals surface area contributed by atoms with Crippen molar-refractivity contribution in [2.75, 3.05) is 19.7 Å². The number of aromatic carboxylic acids is 1. The van der Waals surface area contributed by atoms with E-state index in [0.717, 1.165) is 92.2 Å². The first-order valence-electron chi connectivity index (χ1n) is 15.9. The van der Waals surface area contributed by atoms with Gasteiger partial charge in [0.2, 0.25) is 5.91 Å². The number of ether oxygens (including phenoxy) is 1. The van der Waals surface area contributed by atoms with Crippen LogP contribution < -0.4 is 4.74 Å². The average Bonchev–Trinajstić information content (AvgIpc) is 3.76. The Labute approximate surface area is 255 Å². The lowest BCUT2D eigenvalue weighted by Gasteiger charge is -2.35. The molecule has 2 heterocycles. The van der Waals surface area contributed by atoms with Gasteiger partial charge in [-0.15, -0.1) is 0 Å². The van der Waals surface area contributed by atoms with Gasteiger partial charge in [0, 0.05) is 31.1 Å². The smallest absolute Gasteiger partial charge is 0.434 e. The van der Waals surface area contributed by atoms with Crippen molar-refractivity contribution in [3.05, 3.63) is 64.5 Å². The number of aryl methyl sites for hydroxylation is 1. The summed E-state index contributed by atoms with van der Waals surface area (Å²) >= 11 is 0. The quantitative estimate of drug-likeness (QED) is 0.313. The number of rotatable bonds is 8. The van der Waals surface area contributed by atoms with Crippen LogP contribution >= 0.6 is 0 Å². The lowest BCUT2D eigenvalue weighted by Crippen LogP contribution is -2.38. The number of carboxylic acids is 1. The predicted octanol–water partition coefficient (Wildman–Crippen LogP) is 7.47. The molecule has 4 aliphatic rings. The number of nitrogens with zero attached hydrogens (tertiary/aromatic N) is 3. The molecule has 7 nitrogen and oxygen atoms in total. The first-order valence-corrected chi connectivity index (χ1v) is 15.9. The third kappa shape index (κ3) is 6.44. The number of piperidine rings is 1. The maximum atomic E-state index is 13.9. The van der Waals surface area contributed by atoms with E-state index in [9.17, 15) is 27.9 Å². The second-order valence-electron chi connectivity index (χ2n) is 12.9. The molecule has 1 aromatic carbocycles. The summed E-state index contributed by atoms with van der Waals surface area (Å²) < 4.78 is 48.8. The zero-order valence-corrected chi connectivity index (χ0v) is 25.1. The highest BCUT2D eigenvalue weighted by molar-refractivity contribution is 5.89. The maximum absolute atomic E-state index is 13.9. The van der Waals surface area contributed by atoms with Crippen LogP contribution in [0.1, 0.15) is 97.3 Å². The molecule has 6 rings (SSSR count). The number of likely N-dealkylation sites (tertiary alicyclic amines) is 1. The predicted molar refractivity (Wildman–Crippen MR) is 159 cm³/mol. The standard InChI is InChI=1S/C34H40F3N3O4/c1-21-17-24(22-13-15-39(16-14-22)32(41)23-9-10-23)11-12-30(21)44-20-26-5-2-3-8-28(26)25-6-4-7-27(18-25)40-31(34(35,36)37)29(19-38-40)33(42)43/h6-7,11-12,17,19,22-23,26,28H,2-5,8-10,13-16,18,20H2,1H3,(H,42,43). The fraction of sp³-hybridized carbons (Fsp3) is 0.559.